The van der Waals surface area contributed by atoms with Gasteiger partial charge in [0.05, 0.1) is 0 Å². The van der Waals surface area contributed by atoms with E-state index in [4.69, 9.17) is 5.73 Å². The van der Waals surface area contributed by atoms with Crippen molar-refractivity contribution < 1.29 is 0 Å². The summed E-state index contributed by atoms with van der Waals surface area (Å²) in [5.41, 5.74) is 5.66. The minimum Gasteiger partial charge on any atom is -0.375 e. The number of halogens is 1. The van der Waals surface area contributed by atoms with Crippen molar-refractivity contribution in [2.24, 2.45) is 11.8 Å². The SMILES string of the molecule is Cl.Nc1ncc(CN2C[C@H]3CCCC[C@H]3C2)s1. The minimum atomic E-state index is 0. The number of nitrogens with zero attached hydrogens (tertiary/aromatic N) is 2. The highest BCUT2D eigenvalue weighted by Gasteiger charge is 2.34. The highest BCUT2D eigenvalue weighted by molar-refractivity contribution is 7.15. The Kier molecular flexibility index (Phi) is 4.28. The molecule has 3 rings (SSSR count). The van der Waals surface area contributed by atoms with Crippen LogP contribution in [0.25, 0.3) is 0 Å². The molecule has 0 aromatic carbocycles. The zero-order valence-electron chi connectivity index (χ0n) is 9.97. The average molecular weight is 274 g/mol. The van der Waals surface area contributed by atoms with Gasteiger partial charge in [0, 0.05) is 30.7 Å². The van der Waals surface area contributed by atoms with Crippen LogP contribution in [0.4, 0.5) is 5.13 Å². The van der Waals surface area contributed by atoms with Gasteiger partial charge in [0.2, 0.25) is 0 Å². The van der Waals surface area contributed by atoms with E-state index in [2.05, 4.69) is 9.88 Å². The number of thiazole rings is 1. The maximum Gasteiger partial charge on any atom is 0.180 e. The molecule has 0 amide bonds. The third-order valence-electron chi connectivity index (χ3n) is 4.00. The van der Waals surface area contributed by atoms with E-state index in [1.807, 2.05) is 6.20 Å². The molecule has 2 aliphatic rings. The molecule has 5 heteroatoms. The highest BCUT2D eigenvalue weighted by Crippen LogP contribution is 2.36. The number of nitrogens with two attached hydrogens (primary N) is 1. The average Bonchev–Trinajstić information content (AvgIpc) is 2.84. The number of hydrogen-bond donors (Lipinski definition) is 1. The largest absolute Gasteiger partial charge is 0.375 e. The van der Waals surface area contributed by atoms with Gasteiger partial charge in [0.1, 0.15) is 0 Å². The van der Waals surface area contributed by atoms with E-state index in [9.17, 15) is 0 Å². The maximum atomic E-state index is 5.66. The third kappa shape index (κ3) is 2.92. The smallest absolute Gasteiger partial charge is 0.180 e. The fraction of sp³-hybridized carbons (Fsp3) is 0.750. The molecule has 96 valence electrons. The van der Waals surface area contributed by atoms with E-state index in [0.717, 1.165) is 18.4 Å². The second kappa shape index (κ2) is 5.55. The molecular formula is C12H20ClN3S. The molecule has 0 radical (unpaired) electrons. The van der Waals surface area contributed by atoms with Gasteiger partial charge < -0.3 is 5.73 Å². The lowest BCUT2D eigenvalue weighted by molar-refractivity contribution is 0.299. The van der Waals surface area contributed by atoms with Crippen molar-refractivity contribution in [1.82, 2.24) is 9.88 Å². The number of nitrogen functional groups attached to an aromatic ring is 1. The molecular weight excluding hydrogens is 254 g/mol. The normalized spacial score (nSPS) is 28.7. The molecule has 2 N–H and O–H groups in total. The summed E-state index contributed by atoms with van der Waals surface area (Å²) in [5, 5.41) is 0.701. The van der Waals surface area contributed by atoms with E-state index in [-0.39, 0.29) is 12.4 Å². The van der Waals surface area contributed by atoms with Crippen LogP contribution < -0.4 is 5.73 Å². The summed E-state index contributed by atoms with van der Waals surface area (Å²) in [4.78, 5) is 8.03. The van der Waals surface area contributed by atoms with Gasteiger partial charge in [-0.15, -0.1) is 23.7 Å². The van der Waals surface area contributed by atoms with E-state index in [0.29, 0.717) is 5.13 Å². The summed E-state index contributed by atoms with van der Waals surface area (Å²) in [5.74, 6) is 1.94. The highest BCUT2D eigenvalue weighted by atomic mass is 35.5. The van der Waals surface area contributed by atoms with Crippen LogP contribution in [0.1, 0.15) is 30.6 Å². The van der Waals surface area contributed by atoms with E-state index in [1.54, 1.807) is 11.3 Å². The summed E-state index contributed by atoms with van der Waals surface area (Å²) in [6.07, 6.45) is 7.73. The van der Waals surface area contributed by atoms with Gasteiger partial charge in [-0.05, 0) is 24.7 Å². The number of rotatable bonds is 2. The molecule has 1 aliphatic heterocycles. The Balaban J connectivity index is 0.00000108. The van der Waals surface area contributed by atoms with Crippen molar-refractivity contribution >= 4 is 28.9 Å². The molecule has 2 heterocycles. The van der Waals surface area contributed by atoms with Crippen molar-refractivity contribution in [2.75, 3.05) is 18.8 Å². The molecule has 0 spiro atoms. The molecule has 17 heavy (non-hydrogen) atoms. The Morgan fingerprint density at radius 2 is 1.94 bits per heavy atom. The van der Waals surface area contributed by atoms with Gasteiger partial charge in [0.15, 0.2) is 5.13 Å². The van der Waals surface area contributed by atoms with Crippen LogP contribution in [0.5, 0.6) is 0 Å². The van der Waals surface area contributed by atoms with Gasteiger partial charge in [-0.1, -0.05) is 12.8 Å². The molecule has 2 fully saturated rings. The van der Waals surface area contributed by atoms with E-state index in [1.165, 1.54) is 43.6 Å². The Morgan fingerprint density at radius 1 is 1.29 bits per heavy atom. The van der Waals surface area contributed by atoms with Gasteiger partial charge in [-0.2, -0.15) is 0 Å². The first-order valence-electron chi connectivity index (χ1n) is 6.24. The summed E-state index contributed by atoms with van der Waals surface area (Å²) < 4.78 is 0. The minimum absolute atomic E-state index is 0. The van der Waals surface area contributed by atoms with Gasteiger partial charge in [0.25, 0.3) is 0 Å². The van der Waals surface area contributed by atoms with Crippen LogP contribution in [0.15, 0.2) is 6.20 Å². The van der Waals surface area contributed by atoms with Crippen LogP contribution in [0, 0.1) is 11.8 Å². The number of fused-ring (bicyclic) bond motifs is 1. The first-order valence-corrected chi connectivity index (χ1v) is 7.05. The van der Waals surface area contributed by atoms with Gasteiger partial charge in [-0.3, -0.25) is 4.90 Å². The molecule has 3 nitrogen and oxygen atoms in total. The standard InChI is InChI=1S/C12H19N3S.ClH/c13-12-14-5-11(16-12)8-15-6-9-3-1-2-4-10(9)7-15;/h5,9-10H,1-4,6-8H2,(H2,13,14);1H/t9-,10+;. The lowest BCUT2D eigenvalue weighted by Gasteiger charge is -2.23. The van der Waals surface area contributed by atoms with Crippen LogP contribution in [-0.4, -0.2) is 23.0 Å². The molecule has 0 unspecified atom stereocenters. The van der Waals surface area contributed by atoms with Crippen LogP contribution in [0.2, 0.25) is 0 Å². The topological polar surface area (TPSA) is 42.1 Å². The van der Waals surface area contributed by atoms with Gasteiger partial charge in [-0.25, -0.2) is 4.98 Å². The molecule has 0 bridgehead atoms. The zero-order valence-corrected chi connectivity index (χ0v) is 11.6. The summed E-state index contributed by atoms with van der Waals surface area (Å²) in [7, 11) is 0. The second-order valence-electron chi connectivity index (χ2n) is 5.16. The van der Waals surface area contributed by atoms with Crippen LogP contribution >= 0.6 is 23.7 Å². The summed E-state index contributed by atoms with van der Waals surface area (Å²) in [6.45, 7) is 3.65. The molecule has 1 aromatic heterocycles. The monoisotopic (exact) mass is 273 g/mol. The second-order valence-corrected chi connectivity index (χ2v) is 6.31. The van der Waals surface area contributed by atoms with Crippen molar-refractivity contribution in [3.8, 4) is 0 Å². The van der Waals surface area contributed by atoms with Gasteiger partial charge >= 0.3 is 0 Å². The quantitative estimate of drug-likeness (QED) is 0.901. The first-order chi connectivity index (χ1) is 7.81. The summed E-state index contributed by atoms with van der Waals surface area (Å²) in [6, 6.07) is 0. The van der Waals surface area contributed by atoms with Crippen molar-refractivity contribution in [2.45, 2.75) is 32.2 Å². The predicted octanol–water partition coefficient (Wildman–Crippen LogP) is 2.77. The van der Waals surface area contributed by atoms with Crippen molar-refractivity contribution in [1.29, 1.82) is 0 Å². The van der Waals surface area contributed by atoms with E-state index >= 15 is 0 Å². The third-order valence-corrected chi connectivity index (χ3v) is 4.81. The molecule has 2 atom stereocenters. The molecule has 1 aromatic rings. The number of likely N-dealkylation sites (tertiary alicyclic amines) is 1. The Morgan fingerprint density at radius 3 is 2.47 bits per heavy atom. The first kappa shape index (κ1) is 13.1. The number of anilines is 1. The lowest BCUT2D eigenvalue weighted by atomic mass is 9.82. The van der Waals surface area contributed by atoms with Crippen LogP contribution in [-0.2, 0) is 6.54 Å². The molecule has 1 saturated heterocycles. The Labute approximate surface area is 113 Å². The van der Waals surface area contributed by atoms with Crippen molar-refractivity contribution in [3.05, 3.63) is 11.1 Å². The van der Waals surface area contributed by atoms with Crippen molar-refractivity contribution in [3.63, 3.8) is 0 Å². The lowest BCUT2D eigenvalue weighted by Crippen LogP contribution is -2.19. The zero-order chi connectivity index (χ0) is 11.0. The Hall–Kier alpha value is -0.320. The number of hydrogen-bond acceptors (Lipinski definition) is 4. The molecule has 1 aliphatic carbocycles. The van der Waals surface area contributed by atoms with E-state index < -0.39 is 0 Å². The molecule has 1 saturated carbocycles. The fourth-order valence-corrected chi connectivity index (χ4v) is 3.97. The predicted molar refractivity (Wildman–Crippen MR) is 74.5 cm³/mol. The summed E-state index contributed by atoms with van der Waals surface area (Å²) >= 11 is 1.63. The Bertz CT molecular complexity index is 354. The fourth-order valence-electron chi connectivity index (χ4n) is 3.25. The number of aromatic nitrogens is 1. The maximum absolute atomic E-state index is 5.66. The van der Waals surface area contributed by atoms with Crippen LogP contribution in [0.3, 0.4) is 0 Å².